The Morgan fingerprint density at radius 2 is 2.10 bits per heavy atom. The van der Waals surface area contributed by atoms with Gasteiger partial charge in [-0.05, 0) is 37.7 Å². The smallest absolute Gasteiger partial charge is 0.173 e. The third-order valence-electron chi connectivity index (χ3n) is 5.62. The largest absolute Gasteiger partial charge is 0.377 e. The van der Waals surface area contributed by atoms with Crippen molar-refractivity contribution in [2.75, 3.05) is 6.61 Å². The first-order valence-electron chi connectivity index (χ1n) is 8.00. The van der Waals surface area contributed by atoms with Crippen LogP contribution in [0.1, 0.15) is 25.7 Å². The molecule has 4 nitrogen and oxygen atoms in total. The highest BCUT2D eigenvalue weighted by molar-refractivity contribution is 5.71. The lowest BCUT2D eigenvalue weighted by molar-refractivity contribution is -0.154. The summed E-state index contributed by atoms with van der Waals surface area (Å²) in [4.78, 5) is 6.56. The van der Waals surface area contributed by atoms with Crippen molar-refractivity contribution in [1.82, 2.24) is 4.90 Å². The van der Waals surface area contributed by atoms with E-state index in [4.69, 9.17) is 10.5 Å². The van der Waals surface area contributed by atoms with E-state index in [9.17, 15) is 0 Å². The maximum Gasteiger partial charge on any atom is 0.173 e. The lowest BCUT2D eigenvalue weighted by atomic mass is 9.56. The van der Waals surface area contributed by atoms with Crippen LogP contribution in [0, 0.1) is 11.3 Å². The molecule has 0 amide bonds. The fourth-order valence-corrected chi connectivity index (χ4v) is 4.28. The average molecular weight is 285 g/mol. The molecule has 2 N–H and O–H groups in total. The normalized spacial score (nSPS) is 44.5. The Hall–Kier alpha value is -1.39. The van der Waals surface area contributed by atoms with Gasteiger partial charge in [0.15, 0.2) is 6.29 Å². The van der Waals surface area contributed by atoms with E-state index in [2.05, 4.69) is 40.4 Å². The summed E-state index contributed by atoms with van der Waals surface area (Å²) in [5.41, 5.74) is 6.32. The molecular formula is C17H23N3O. The fraction of sp³-hybridized carbons (Fsp3) is 0.588. The Labute approximate surface area is 126 Å². The summed E-state index contributed by atoms with van der Waals surface area (Å²) in [6, 6.07) is 0.481. The Balaban J connectivity index is 1.59. The minimum absolute atomic E-state index is 0.157. The zero-order valence-electron chi connectivity index (χ0n) is 12.3. The van der Waals surface area contributed by atoms with E-state index in [0.29, 0.717) is 18.1 Å². The zero-order valence-corrected chi connectivity index (χ0v) is 12.3. The van der Waals surface area contributed by atoms with Crippen molar-refractivity contribution in [1.29, 1.82) is 0 Å². The van der Waals surface area contributed by atoms with Gasteiger partial charge in [-0.15, -0.1) is 0 Å². The predicted octanol–water partition coefficient (Wildman–Crippen LogP) is 2.20. The molecule has 1 saturated carbocycles. The first-order chi connectivity index (χ1) is 10.3. The van der Waals surface area contributed by atoms with Gasteiger partial charge >= 0.3 is 0 Å². The highest BCUT2D eigenvalue weighted by atomic mass is 16.5. The van der Waals surface area contributed by atoms with Crippen LogP contribution in [0.5, 0.6) is 0 Å². The number of aliphatic imine (C=N–C) groups is 1. The molecule has 0 bridgehead atoms. The topological polar surface area (TPSA) is 50.8 Å². The van der Waals surface area contributed by atoms with E-state index in [0.717, 1.165) is 13.0 Å². The van der Waals surface area contributed by atoms with Crippen LogP contribution in [0.15, 0.2) is 41.6 Å². The Morgan fingerprint density at radius 1 is 1.19 bits per heavy atom. The van der Waals surface area contributed by atoms with Gasteiger partial charge in [0, 0.05) is 30.5 Å². The summed E-state index contributed by atoms with van der Waals surface area (Å²) in [5, 5.41) is 0. The second-order valence-electron chi connectivity index (χ2n) is 6.50. The molecule has 2 fully saturated rings. The van der Waals surface area contributed by atoms with Crippen LogP contribution in [0.2, 0.25) is 0 Å². The minimum atomic E-state index is -0.231. The molecule has 2 aliphatic carbocycles. The monoisotopic (exact) mass is 285 g/mol. The quantitative estimate of drug-likeness (QED) is 0.865. The molecule has 5 unspecified atom stereocenters. The van der Waals surface area contributed by atoms with E-state index in [1.807, 2.05) is 6.08 Å². The molecule has 4 rings (SSSR count). The molecule has 0 aromatic heterocycles. The first-order valence-corrected chi connectivity index (χ1v) is 8.00. The van der Waals surface area contributed by atoms with Crippen molar-refractivity contribution in [2.45, 2.75) is 44.1 Å². The van der Waals surface area contributed by atoms with Crippen LogP contribution in [-0.4, -0.2) is 36.2 Å². The zero-order chi connectivity index (χ0) is 14.3. The van der Waals surface area contributed by atoms with Gasteiger partial charge in [-0.1, -0.05) is 24.3 Å². The van der Waals surface area contributed by atoms with Gasteiger partial charge in [0.25, 0.3) is 0 Å². The van der Waals surface area contributed by atoms with Gasteiger partial charge in [0.1, 0.15) is 0 Å². The molecule has 1 saturated heterocycles. The molecule has 0 aromatic rings. The Morgan fingerprint density at radius 3 is 2.67 bits per heavy atom. The number of hydrogen-bond donors (Lipinski definition) is 1. The van der Waals surface area contributed by atoms with Crippen LogP contribution in [0.4, 0.5) is 0 Å². The van der Waals surface area contributed by atoms with Crippen LogP contribution >= 0.6 is 0 Å². The molecule has 2 aliphatic heterocycles. The average Bonchev–Trinajstić information content (AvgIpc) is 2.39. The van der Waals surface area contributed by atoms with Crippen molar-refractivity contribution >= 4 is 6.21 Å². The Kier molecular flexibility index (Phi) is 3.23. The molecule has 0 radical (unpaired) electrons. The number of ether oxygens (including phenoxy) is 1. The van der Waals surface area contributed by atoms with Crippen LogP contribution in [-0.2, 0) is 4.74 Å². The van der Waals surface area contributed by atoms with Crippen molar-refractivity contribution in [3.05, 3.63) is 36.6 Å². The maximum absolute atomic E-state index is 6.16. The molecule has 112 valence electrons. The Bertz CT molecular complexity index is 520. The summed E-state index contributed by atoms with van der Waals surface area (Å²) in [6.45, 7) is 0.911. The van der Waals surface area contributed by atoms with E-state index in [1.54, 1.807) is 6.21 Å². The van der Waals surface area contributed by atoms with E-state index >= 15 is 0 Å². The highest BCUT2D eigenvalue weighted by Gasteiger charge is 2.54. The third-order valence-corrected chi connectivity index (χ3v) is 5.62. The van der Waals surface area contributed by atoms with Gasteiger partial charge in [-0.3, -0.25) is 10.7 Å². The van der Waals surface area contributed by atoms with E-state index in [-0.39, 0.29) is 11.7 Å². The molecule has 0 aromatic carbocycles. The van der Waals surface area contributed by atoms with Gasteiger partial charge < -0.3 is 9.64 Å². The van der Waals surface area contributed by atoms with E-state index < -0.39 is 0 Å². The van der Waals surface area contributed by atoms with Crippen molar-refractivity contribution in [2.24, 2.45) is 22.1 Å². The lowest BCUT2D eigenvalue weighted by Gasteiger charge is -2.57. The second kappa shape index (κ2) is 5.11. The van der Waals surface area contributed by atoms with Crippen LogP contribution < -0.4 is 5.73 Å². The summed E-state index contributed by atoms with van der Waals surface area (Å²) < 4.78 is 5.91. The number of nitrogens with two attached hydrogens (primary N) is 1. The van der Waals surface area contributed by atoms with Gasteiger partial charge in [-0.2, -0.15) is 0 Å². The molecule has 0 spiro atoms. The van der Waals surface area contributed by atoms with Crippen LogP contribution in [0.3, 0.4) is 0 Å². The van der Waals surface area contributed by atoms with Gasteiger partial charge in [0.05, 0.1) is 6.10 Å². The maximum atomic E-state index is 6.16. The fourth-order valence-electron chi connectivity index (χ4n) is 4.28. The van der Waals surface area contributed by atoms with Crippen molar-refractivity contribution in [3.8, 4) is 0 Å². The number of hydrogen-bond acceptors (Lipinski definition) is 4. The standard InChI is InChI=1S/C17H23N3O/c18-16-19-10-4-11-20(16)14-6-5-13(14)17(15-7-12-21-15)8-2-1-3-9-17/h1-4,8,10-11,13-16H,5-7,9,12,18H2. The number of rotatable bonds is 3. The molecule has 5 atom stereocenters. The van der Waals surface area contributed by atoms with E-state index in [1.165, 1.54) is 19.3 Å². The molecular weight excluding hydrogens is 262 g/mol. The number of nitrogens with zero attached hydrogens (tertiary/aromatic N) is 2. The van der Waals surface area contributed by atoms with Gasteiger partial charge in [0.2, 0.25) is 0 Å². The summed E-state index contributed by atoms with van der Waals surface area (Å²) >= 11 is 0. The summed E-state index contributed by atoms with van der Waals surface area (Å²) in [6.07, 6.45) is 19.8. The molecule has 21 heavy (non-hydrogen) atoms. The second-order valence-corrected chi connectivity index (χ2v) is 6.50. The number of allylic oxidation sites excluding steroid dienone is 4. The summed E-state index contributed by atoms with van der Waals surface area (Å²) in [5.74, 6) is 0.605. The first kappa shape index (κ1) is 13.3. The van der Waals surface area contributed by atoms with Crippen molar-refractivity contribution in [3.63, 3.8) is 0 Å². The minimum Gasteiger partial charge on any atom is -0.377 e. The SMILES string of the molecule is NC1N=CC=CN1C1CCC1C1(C2CCO2)C=CC=CC1. The molecule has 4 heteroatoms. The van der Waals surface area contributed by atoms with Crippen LogP contribution in [0.25, 0.3) is 0 Å². The third kappa shape index (κ3) is 2.00. The summed E-state index contributed by atoms with van der Waals surface area (Å²) in [7, 11) is 0. The predicted molar refractivity (Wildman–Crippen MR) is 83.6 cm³/mol. The molecule has 4 aliphatic rings. The lowest BCUT2D eigenvalue weighted by Crippen LogP contribution is -2.60. The molecule has 2 heterocycles. The highest BCUT2D eigenvalue weighted by Crippen LogP contribution is 2.54. The van der Waals surface area contributed by atoms with Crippen molar-refractivity contribution < 1.29 is 4.74 Å². The van der Waals surface area contributed by atoms with Gasteiger partial charge in [-0.25, -0.2) is 0 Å².